The molecule has 1 fully saturated rings. The Kier molecular flexibility index (Phi) is 6.61. The summed E-state index contributed by atoms with van der Waals surface area (Å²) in [6, 6.07) is 7.39. The summed E-state index contributed by atoms with van der Waals surface area (Å²) in [6.07, 6.45) is 2.21. The van der Waals surface area contributed by atoms with Crippen molar-refractivity contribution in [1.82, 2.24) is 15.5 Å². The number of nitrogens with one attached hydrogen (secondary N) is 2. The number of aliphatic hydroxyl groups excluding tert-OH is 1. The number of hydrogen-bond donors (Lipinski definition) is 3. The molecule has 1 saturated heterocycles. The van der Waals surface area contributed by atoms with E-state index in [1.807, 2.05) is 31.2 Å². The van der Waals surface area contributed by atoms with Gasteiger partial charge < -0.3 is 20.6 Å². The van der Waals surface area contributed by atoms with Crippen LogP contribution in [0.4, 0.5) is 4.79 Å². The zero-order chi connectivity index (χ0) is 17.5. The quantitative estimate of drug-likeness (QED) is 0.765. The molecule has 1 aromatic carbocycles. The summed E-state index contributed by atoms with van der Waals surface area (Å²) in [4.78, 5) is 25.8. The Morgan fingerprint density at radius 3 is 2.62 bits per heavy atom. The number of piperidine rings is 1. The summed E-state index contributed by atoms with van der Waals surface area (Å²) < 4.78 is 0. The average Bonchev–Trinajstić information content (AvgIpc) is 2.59. The molecule has 1 heterocycles. The van der Waals surface area contributed by atoms with Crippen LogP contribution in [0.3, 0.4) is 0 Å². The van der Waals surface area contributed by atoms with Crippen molar-refractivity contribution >= 4 is 11.9 Å². The molecular weight excluding hydrogens is 306 g/mol. The molecule has 132 valence electrons. The van der Waals surface area contributed by atoms with E-state index in [9.17, 15) is 14.7 Å². The molecule has 1 aliphatic rings. The number of carbonyl (C=O) groups excluding carboxylic acids is 2. The van der Waals surface area contributed by atoms with Gasteiger partial charge in [-0.2, -0.15) is 0 Å². The molecule has 6 nitrogen and oxygen atoms in total. The highest BCUT2D eigenvalue weighted by Gasteiger charge is 2.29. The third-order valence-electron chi connectivity index (χ3n) is 4.40. The van der Waals surface area contributed by atoms with Crippen LogP contribution in [-0.4, -0.2) is 47.2 Å². The van der Waals surface area contributed by atoms with Gasteiger partial charge in [0, 0.05) is 13.1 Å². The third-order valence-corrected chi connectivity index (χ3v) is 4.40. The molecule has 3 N–H and O–H groups in total. The van der Waals surface area contributed by atoms with Crippen LogP contribution in [0, 0.1) is 6.92 Å². The van der Waals surface area contributed by atoms with Crippen molar-refractivity contribution < 1.29 is 14.7 Å². The van der Waals surface area contributed by atoms with E-state index in [1.54, 1.807) is 11.8 Å². The van der Waals surface area contributed by atoms with E-state index in [1.165, 1.54) is 5.56 Å². The monoisotopic (exact) mass is 333 g/mol. The fourth-order valence-electron chi connectivity index (χ4n) is 2.98. The molecule has 0 saturated carbocycles. The van der Waals surface area contributed by atoms with Crippen LogP contribution in [-0.2, 0) is 11.3 Å². The Labute approximate surface area is 143 Å². The number of nitrogens with zero attached hydrogens (tertiary/aromatic N) is 1. The first-order valence-electron chi connectivity index (χ1n) is 8.52. The van der Waals surface area contributed by atoms with E-state index in [0.717, 1.165) is 24.8 Å². The predicted octanol–water partition coefficient (Wildman–Crippen LogP) is 1.56. The van der Waals surface area contributed by atoms with Gasteiger partial charge in [-0.05, 0) is 38.7 Å². The third kappa shape index (κ3) is 5.23. The van der Waals surface area contributed by atoms with Crippen molar-refractivity contribution in [3.8, 4) is 0 Å². The molecule has 3 amide bonds. The fraction of sp³-hybridized carbons (Fsp3) is 0.556. The largest absolute Gasteiger partial charge is 0.391 e. The van der Waals surface area contributed by atoms with E-state index in [0.29, 0.717) is 13.1 Å². The molecule has 0 unspecified atom stereocenters. The fourth-order valence-corrected chi connectivity index (χ4v) is 2.98. The molecule has 0 spiro atoms. The number of aryl methyl sites for hydroxylation is 1. The predicted molar refractivity (Wildman–Crippen MR) is 92.5 cm³/mol. The number of benzene rings is 1. The Hall–Kier alpha value is -2.08. The maximum absolute atomic E-state index is 12.3. The molecule has 0 radical (unpaired) electrons. The van der Waals surface area contributed by atoms with Gasteiger partial charge in [0.2, 0.25) is 5.91 Å². The number of carbonyl (C=O) groups is 2. The normalized spacial score (nSPS) is 18.8. The lowest BCUT2D eigenvalue weighted by Gasteiger charge is -2.37. The summed E-state index contributed by atoms with van der Waals surface area (Å²) in [6.45, 7) is 4.72. The molecule has 0 bridgehead atoms. The maximum atomic E-state index is 12.3. The lowest BCUT2D eigenvalue weighted by atomic mass is 9.98. The van der Waals surface area contributed by atoms with Crippen molar-refractivity contribution in [2.45, 2.75) is 51.8 Å². The molecule has 0 aromatic heterocycles. The van der Waals surface area contributed by atoms with Gasteiger partial charge in [0.15, 0.2) is 0 Å². The average molecular weight is 333 g/mol. The molecule has 2 atom stereocenters. The first-order valence-corrected chi connectivity index (χ1v) is 8.52. The van der Waals surface area contributed by atoms with Gasteiger partial charge in [-0.3, -0.25) is 4.79 Å². The van der Waals surface area contributed by atoms with E-state index in [-0.39, 0.29) is 24.5 Å². The van der Waals surface area contributed by atoms with Crippen molar-refractivity contribution in [1.29, 1.82) is 0 Å². The minimum Gasteiger partial charge on any atom is -0.391 e. The van der Waals surface area contributed by atoms with Gasteiger partial charge in [-0.1, -0.05) is 29.8 Å². The Balaban J connectivity index is 1.76. The number of urea groups is 1. The topological polar surface area (TPSA) is 81.7 Å². The Morgan fingerprint density at radius 2 is 1.96 bits per heavy atom. The number of aliphatic hydroxyl groups is 1. The molecule has 6 heteroatoms. The smallest absolute Gasteiger partial charge is 0.315 e. The summed E-state index contributed by atoms with van der Waals surface area (Å²) >= 11 is 0. The van der Waals surface area contributed by atoms with E-state index >= 15 is 0 Å². The Morgan fingerprint density at radius 1 is 1.25 bits per heavy atom. The SMILES string of the molecule is Cc1ccc(CNC(=O)NCC(=O)N2CCCC[C@H]2[C@@H](C)O)cc1. The highest BCUT2D eigenvalue weighted by molar-refractivity contribution is 5.84. The van der Waals surface area contributed by atoms with Crippen LogP contribution < -0.4 is 10.6 Å². The molecular formula is C18H27N3O3. The molecule has 1 aromatic rings. The van der Waals surface area contributed by atoms with E-state index < -0.39 is 6.10 Å². The molecule has 1 aliphatic heterocycles. The maximum Gasteiger partial charge on any atom is 0.315 e. The van der Waals surface area contributed by atoms with Gasteiger partial charge in [-0.25, -0.2) is 4.79 Å². The van der Waals surface area contributed by atoms with Crippen LogP contribution >= 0.6 is 0 Å². The number of rotatable bonds is 5. The van der Waals surface area contributed by atoms with Crippen LogP contribution in [0.1, 0.15) is 37.3 Å². The zero-order valence-corrected chi connectivity index (χ0v) is 14.4. The second-order valence-corrected chi connectivity index (χ2v) is 6.41. The highest BCUT2D eigenvalue weighted by Crippen LogP contribution is 2.19. The highest BCUT2D eigenvalue weighted by atomic mass is 16.3. The molecule has 2 rings (SSSR count). The van der Waals surface area contributed by atoms with Crippen molar-refractivity contribution in [2.75, 3.05) is 13.1 Å². The van der Waals surface area contributed by atoms with Crippen molar-refractivity contribution in [3.63, 3.8) is 0 Å². The van der Waals surface area contributed by atoms with Crippen molar-refractivity contribution in [3.05, 3.63) is 35.4 Å². The van der Waals surface area contributed by atoms with Gasteiger partial charge in [0.25, 0.3) is 0 Å². The van der Waals surface area contributed by atoms with Crippen LogP contribution in [0.25, 0.3) is 0 Å². The van der Waals surface area contributed by atoms with Gasteiger partial charge in [0.1, 0.15) is 0 Å². The second-order valence-electron chi connectivity index (χ2n) is 6.41. The lowest BCUT2D eigenvalue weighted by molar-refractivity contribution is -0.136. The van der Waals surface area contributed by atoms with E-state index in [4.69, 9.17) is 0 Å². The first kappa shape index (κ1) is 18.3. The molecule has 0 aliphatic carbocycles. The zero-order valence-electron chi connectivity index (χ0n) is 14.4. The molecule has 24 heavy (non-hydrogen) atoms. The minimum absolute atomic E-state index is 0.0526. The lowest BCUT2D eigenvalue weighted by Crippen LogP contribution is -2.52. The summed E-state index contributed by atoms with van der Waals surface area (Å²) in [5.41, 5.74) is 2.18. The Bertz CT molecular complexity index is 557. The summed E-state index contributed by atoms with van der Waals surface area (Å²) in [5, 5.41) is 15.1. The first-order chi connectivity index (χ1) is 11.5. The van der Waals surface area contributed by atoms with Gasteiger partial charge in [0.05, 0.1) is 18.7 Å². The standard InChI is InChI=1S/C18H27N3O3/c1-13-6-8-15(9-7-13)11-19-18(24)20-12-17(23)21-10-4-3-5-16(21)14(2)22/h6-9,14,16,22H,3-5,10-12H2,1-2H3,(H2,19,20,24)/t14-,16+/m1/s1. The number of hydrogen-bond acceptors (Lipinski definition) is 3. The summed E-state index contributed by atoms with van der Waals surface area (Å²) in [7, 11) is 0. The van der Waals surface area contributed by atoms with Gasteiger partial charge >= 0.3 is 6.03 Å². The number of likely N-dealkylation sites (tertiary alicyclic amines) is 1. The van der Waals surface area contributed by atoms with E-state index in [2.05, 4.69) is 10.6 Å². The second kappa shape index (κ2) is 8.68. The van der Waals surface area contributed by atoms with Crippen molar-refractivity contribution in [2.24, 2.45) is 0 Å². The van der Waals surface area contributed by atoms with Gasteiger partial charge in [-0.15, -0.1) is 0 Å². The number of amides is 3. The van der Waals surface area contributed by atoms with Crippen LogP contribution in [0.2, 0.25) is 0 Å². The van der Waals surface area contributed by atoms with Crippen LogP contribution in [0.5, 0.6) is 0 Å². The summed E-state index contributed by atoms with van der Waals surface area (Å²) in [5.74, 6) is -0.147. The van der Waals surface area contributed by atoms with Crippen LogP contribution in [0.15, 0.2) is 24.3 Å². The minimum atomic E-state index is -0.551.